The van der Waals surface area contributed by atoms with Crippen molar-refractivity contribution in [2.45, 2.75) is 6.92 Å². The first-order chi connectivity index (χ1) is 8.20. The summed E-state index contributed by atoms with van der Waals surface area (Å²) < 4.78 is 1.68. The zero-order valence-electron chi connectivity index (χ0n) is 9.55. The molecule has 0 bridgehead atoms. The maximum Gasteiger partial charge on any atom is 0.239 e. The topological polar surface area (TPSA) is 72.9 Å². The molecular formula is C12H14N4O. The van der Waals surface area contributed by atoms with E-state index in [9.17, 15) is 4.79 Å². The second kappa shape index (κ2) is 4.80. The molecule has 0 spiro atoms. The lowest BCUT2D eigenvalue weighted by Gasteiger charge is -2.07. The Kier molecular flexibility index (Phi) is 3.20. The lowest BCUT2D eigenvalue weighted by atomic mass is 10.3. The van der Waals surface area contributed by atoms with Gasteiger partial charge in [0.2, 0.25) is 5.91 Å². The number of amides is 1. The molecule has 0 radical (unpaired) electrons. The first kappa shape index (κ1) is 11.3. The van der Waals surface area contributed by atoms with Crippen LogP contribution in [0, 0.1) is 6.92 Å². The summed E-state index contributed by atoms with van der Waals surface area (Å²) in [4.78, 5) is 11.3. The van der Waals surface area contributed by atoms with Crippen molar-refractivity contribution in [3.8, 4) is 5.69 Å². The Morgan fingerprint density at radius 2 is 2.12 bits per heavy atom. The highest BCUT2D eigenvalue weighted by Crippen LogP contribution is 2.16. The van der Waals surface area contributed by atoms with Gasteiger partial charge in [0.1, 0.15) is 5.82 Å². The minimum atomic E-state index is -0.234. The van der Waals surface area contributed by atoms with Crippen LogP contribution in [0.2, 0.25) is 0 Å². The number of nitrogens with zero attached hydrogens (tertiary/aromatic N) is 2. The maximum atomic E-state index is 11.3. The molecule has 0 saturated heterocycles. The molecule has 17 heavy (non-hydrogen) atoms. The number of hydrogen-bond acceptors (Lipinski definition) is 3. The fraction of sp³-hybridized carbons (Fsp3) is 0.167. The Bertz CT molecular complexity index is 519. The molecule has 0 unspecified atom stereocenters. The number of carbonyl (C=O) groups is 1. The number of carbonyl (C=O) groups excluding carboxylic acids is 1. The fourth-order valence-electron chi connectivity index (χ4n) is 1.55. The van der Waals surface area contributed by atoms with Crippen LogP contribution in [0.5, 0.6) is 0 Å². The third-order valence-corrected chi connectivity index (χ3v) is 2.29. The Hall–Kier alpha value is -2.14. The van der Waals surface area contributed by atoms with Crippen LogP contribution in [-0.4, -0.2) is 22.2 Å². The molecule has 0 atom stereocenters. The number of rotatable bonds is 3. The van der Waals surface area contributed by atoms with Gasteiger partial charge in [-0.15, -0.1) is 0 Å². The van der Waals surface area contributed by atoms with Crippen LogP contribution in [0.3, 0.4) is 0 Å². The third-order valence-electron chi connectivity index (χ3n) is 2.29. The van der Waals surface area contributed by atoms with Crippen molar-refractivity contribution in [1.29, 1.82) is 0 Å². The van der Waals surface area contributed by atoms with E-state index in [4.69, 9.17) is 5.73 Å². The molecule has 5 nitrogen and oxygen atoms in total. The maximum absolute atomic E-state index is 11.3. The van der Waals surface area contributed by atoms with Gasteiger partial charge in [-0.1, -0.05) is 18.2 Å². The highest BCUT2D eigenvalue weighted by Gasteiger charge is 2.09. The van der Waals surface area contributed by atoms with Gasteiger partial charge in [-0.05, 0) is 19.1 Å². The van der Waals surface area contributed by atoms with Gasteiger partial charge in [0, 0.05) is 6.07 Å². The quantitative estimate of drug-likeness (QED) is 0.828. The van der Waals surface area contributed by atoms with Crippen LogP contribution in [0.15, 0.2) is 36.4 Å². The second-order valence-corrected chi connectivity index (χ2v) is 3.67. The number of aryl methyl sites for hydroxylation is 1. The molecule has 0 aliphatic heterocycles. The SMILES string of the molecule is Cc1cc(NC(=O)CN)n(-c2ccccc2)n1. The van der Waals surface area contributed by atoms with Crippen LogP contribution in [0.1, 0.15) is 5.69 Å². The number of hydrogen-bond donors (Lipinski definition) is 2. The van der Waals surface area contributed by atoms with E-state index in [0.717, 1.165) is 11.4 Å². The Morgan fingerprint density at radius 3 is 2.76 bits per heavy atom. The first-order valence-corrected chi connectivity index (χ1v) is 5.32. The fourth-order valence-corrected chi connectivity index (χ4v) is 1.55. The smallest absolute Gasteiger partial charge is 0.239 e. The van der Waals surface area contributed by atoms with E-state index in [-0.39, 0.29) is 12.5 Å². The summed E-state index contributed by atoms with van der Waals surface area (Å²) in [6.45, 7) is 1.83. The zero-order valence-corrected chi connectivity index (χ0v) is 9.55. The summed E-state index contributed by atoms with van der Waals surface area (Å²) in [5.41, 5.74) is 7.00. The number of para-hydroxylation sites is 1. The number of nitrogens with two attached hydrogens (primary N) is 1. The molecule has 0 saturated carbocycles. The Labute approximate surface area is 99.2 Å². The minimum absolute atomic E-state index is 0.0426. The normalized spacial score (nSPS) is 10.2. The average Bonchev–Trinajstić information content (AvgIpc) is 2.71. The van der Waals surface area contributed by atoms with Gasteiger partial charge in [0.25, 0.3) is 0 Å². The molecule has 2 aromatic rings. The predicted octanol–water partition coefficient (Wildman–Crippen LogP) is 1.08. The van der Waals surface area contributed by atoms with Gasteiger partial charge >= 0.3 is 0 Å². The molecule has 1 amide bonds. The lowest BCUT2D eigenvalue weighted by Crippen LogP contribution is -2.23. The number of nitrogens with one attached hydrogen (secondary N) is 1. The van der Waals surface area contributed by atoms with E-state index in [1.54, 1.807) is 10.7 Å². The highest BCUT2D eigenvalue weighted by atomic mass is 16.1. The zero-order chi connectivity index (χ0) is 12.3. The van der Waals surface area contributed by atoms with E-state index in [1.807, 2.05) is 37.3 Å². The lowest BCUT2D eigenvalue weighted by molar-refractivity contribution is -0.114. The van der Waals surface area contributed by atoms with E-state index < -0.39 is 0 Å². The second-order valence-electron chi connectivity index (χ2n) is 3.67. The highest BCUT2D eigenvalue weighted by molar-refractivity contribution is 5.91. The number of anilines is 1. The Balaban J connectivity index is 2.37. The van der Waals surface area contributed by atoms with E-state index in [2.05, 4.69) is 10.4 Å². The van der Waals surface area contributed by atoms with Gasteiger partial charge in [-0.2, -0.15) is 5.10 Å². The van der Waals surface area contributed by atoms with Gasteiger partial charge in [0.05, 0.1) is 17.9 Å². The van der Waals surface area contributed by atoms with Crippen molar-refractivity contribution in [1.82, 2.24) is 9.78 Å². The van der Waals surface area contributed by atoms with Crippen LogP contribution in [0.4, 0.5) is 5.82 Å². The monoisotopic (exact) mass is 230 g/mol. The average molecular weight is 230 g/mol. The molecular weight excluding hydrogens is 216 g/mol. The van der Waals surface area contributed by atoms with Crippen LogP contribution in [0.25, 0.3) is 5.69 Å². The van der Waals surface area contributed by atoms with Gasteiger partial charge < -0.3 is 11.1 Å². The van der Waals surface area contributed by atoms with E-state index in [1.165, 1.54) is 0 Å². The van der Waals surface area contributed by atoms with Gasteiger partial charge in [0.15, 0.2) is 0 Å². The van der Waals surface area contributed by atoms with E-state index in [0.29, 0.717) is 5.82 Å². The van der Waals surface area contributed by atoms with Crippen molar-refractivity contribution in [2.75, 3.05) is 11.9 Å². The summed E-state index contributed by atoms with van der Waals surface area (Å²) in [6, 6.07) is 11.4. The Morgan fingerprint density at radius 1 is 1.41 bits per heavy atom. The summed E-state index contributed by atoms with van der Waals surface area (Å²) in [6.07, 6.45) is 0. The molecule has 1 aromatic carbocycles. The standard InChI is InChI=1S/C12H14N4O/c1-9-7-11(14-12(17)8-13)16(15-9)10-5-3-2-4-6-10/h2-7H,8,13H2,1H3,(H,14,17). The summed E-state index contributed by atoms with van der Waals surface area (Å²) in [7, 11) is 0. The summed E-state index contributed by atoms with van der Waals surface area (Å²) in [5, 5.41) is 7.05. The van der Waals surface area contributed by atoms with Gasteiger partial charge in [-0.25, -0.2) is 4.68 Å². The molecule has 1 heterocycles. The minimum Gasteiger partial charge on any atom is -0.322 e. The largest absolute Gasteiger partial charge is 0.322 e. The first-order valence-electron chi connectivity index (χ1n) is 5.32. The van der Waals surface area contributed by atoms with Crippen molar-refractivity contribution in [3.05, 3.63) is 42.1 Å². The number of aromatic nitrogens is 2. The molecule has 88 valence electrons. The van der Waals surface area contributed by atoms with Gasteiger partial charge in [-0.3, -0.25) is 4.79 Å². The molecule has 3 N–H and O–H groups in total. The summed E-state index contributed by atoms with van der Waals surface area (Å²) >= 11 is 0. The van der Waals surface area contributed by atoms with Crippen molar-refractivity contribution in [2.24, 2.45) is 5.73 Å². The predicted molar refractivity (Wildman–Crippen MR) is 66.0 cm³/mol. The van der Waals surface area contributed by atoms with Crippen molar-refractivity contribution < 1.29 is 4.79 Å². The summed E-state index contributed by atoms with van der Waals surface area (Å²) in [5.74, 6) is 0.395. The molecule has 0 aliphatic carbocycles. The molecule has 0 aliphatic rings. The van der Waals surface area contributed by atoms with Crippen LogP contribution in [-0.2, 0) is 4.79 Å². The molecule has 5 heteroatoms. The molecule has 2 rings (SSSR count). The molecule has 0 fully saturated rings. The van der Waals surface area contributed by atoms with E-state index >= 15 is 0 Å². The molecule has 1 aromatic heterocycles. The van der Waals surface area contributed by atoms with Crippen LogP contribution < -0.4 is 11.1 Å². The third kappa shape index (κ3) is 2.51. The van der Waals surface area contributed by atoms with Crippen molar-refractivity contribution >= 4 is 11.7 Å². The van der Waals surface area contributed by atoms with Crippen molar-refractivity contribution in [3.63, 3.8) is 0 Å². The number of benzene rings is 1. The van der Waals surface area contributed by atoms with Crippen LogP contribution >= 0.6 is 0 Å².